The minimum atomic E-state index is 0.510. The summed E-state index contributed by atoms with van der Waals surface area (Å²) < 4.78 is 0. The molecule has 2 nitrogen and oxygen atoms in total. The number of nitrogens with zero attached hydrogens (tertiary/aromatic N) is 2. The smallest absolute Gasteiger partial charge is 0.0892 e. The van der Waals surface area contributed by atoms with Crippen LogP contribution in [0.3, 0.4) is 0 Å². The molecule has 0 aliphatic heterocycles. The molecule has 0 radical (unpaired) electrons. The molecule has 2 rings (SSSR count). The van der Waals surface area contributed by atoms with Crippen molar-refractivity contribution in [2.75, 3.05) is 7.05 Å². The third kappa shape index (κ3) is 4.24. The second-order valence-corrected chi connectivity index (χ2v) is 6.49. The molecule has 0 unspecified atom stereocenters. The lowest BCUT2D eigenvalue weighted by Crippen LogP contribution is -2.21. The van der Waals surface area contributed by atoms with Crippen molar-refractivity contribution in [2.24, 2.45) is 27.7 Å². The molecule has 0 spiro atoms. The first-order valence-electron chi connectivity index (χ1n) is 7.81. The number of rotatable bonds is 3. The normalized spacial score (nSPS) is 36.8. The second-order valence-electron chi connectivity index (χ2n) is 6.49. The van der Waals surface area contributed by atoms with Gasteiger partial charge in [0, 0.05) is 7.05 Å². The quantitative estimate of drug-likeness (QED) is 0.654. The van der Waals surface area contributed by atoms with Gasteiger partial charge in [-0.3, -0.25) is 0 Å². The fourth-order valence-electron chi connectivity index (χ4n) is 3.69. The van der Waals surface area contributed by atoms with Crippen molar-refractivity contribution in [3.63, 3.8) is 0 Å². The lowest BCUT2D eigenvalue weighted by atomic mass is 9.75. The van der Waals surface area contributed by atoms with E-state index in [1.807, 2.05) is 0 Å². The summed E-state index contributed by atoms with van der Waals surface area (Å²) >= 11 is 0. The van der Waals surface area contributed by atoms with Gasteiger partial charge >= 0.3 is 0 Å². The standard InChI is InChI=1S/C16H28N2/c1-13-3-5-14(6-4-13)11-15-7-9-16(10-8-15)18-12-17-2/h13-16H,3-11H2,1-2H3. The van der Waals surface area contributed by atoms with E-state index in [0.29, 0.717) is 6.04 Å². The predicted molar refractivity (Wildman–Crippen MR) is 77.3 cm³/mol. The molecule has 0 bridgehead atoms. The Morgan fingerprint density at radius 3 is 2.00 bits per heavy atom. The highest BCUT2D eigenvalue weighted by atomic mass is 14.8. The van der Waals surface area contributed by atoms with Gasteiger partial charge < -0.3 is 0 Å². The van der Waals surface area contributed by atoms with Crippen LogP contribution in [0, 0.1) is 17.8 Å². The molecule has 0 saturated heterocycles. The van der Waals surface area contributed by atoms with Crippen molar-refractivity contribution in [2.45, 2.75) is 70.8 Å². The van der Waals surface area contributed by atoms with Gasteiger partial charge in [0.25, 0.3) is 0 Å². The van der Waals surface area contributed by atoms with Gasteiger partial charge in [-0.05, 0) is 49.9 Å². The van der Waals surface area contributed by atoms with Crippen molar-refractivity contribution in [3.05, 3.63) is 0 Å². The van der Waals surface area contributed by atoms with Gasteiger partial charge in [0.1, 0.15) is 0 Å². The molecule has 0 aromatic carbocycles. The maximum absolute atomic E-state index is 4.38. The van der Waals surface area contributed by atoms with Crippen molar-refractivity contribution in [1.29, 1.82) is 0 Å². The van der Waals surface area contributed by atoms with E-state index in [4.69, 9.17) is 0 Å². The zero-order valence-electron chi connectivity index (χ0n) is 12.1. The summed E-state index contributed by atoms with van der Waals surface area (Å²) in [6.45, 7) is 2.41. The van der Waals surface area contributed by atoms with Crippen LogP contribution < -0.4 is 0 Å². The second kappa shape index (κ2) is 7.09. The van der Waals surface area contributed by atoms with E-state index in [9.17, 15) is 0 Å². The summed E-state index contributed by atoms with van der Waals surface area (Å²) in [5.41, 5.74) is 0. The Kier molecular flexibility index (Phi) is 5.44. The first-order valence-corrected chi connectivity index (χ1v) is 7.81. The fraction of sp³-hybridized carbons (Fsp3) is 0.938. The van der Waals surface area contributed by atoms with Gasteiger partial charge in [-0.15, -0.1) is 0 Å². The summed E-state index contributed by atoms with van der Waals surface area (Å²) in [6.07, 6.45) is 12.7. The van der Waals surface area contributed by atoms with Crippen LogP contribution in [0.15, 0.2) is 9.98 Å². The van der Waals surface area contributed by atoms with E-state index in [2.05, 4.69) is 22.9 Å². The minimum Gasteiger partial charge on any atom is -0.229 e. The molecular weight excluding hydrogens is 220 g/mol. The Morgan fingerprint density at radius 1 is 0.889 bits per heavy atom. The van der Waals surface area contributed by atoms with Crippen LogP contribution in [0.4, 0.5) is 0 Å². The zero-order chi connectivity index (χ0) is 12.8. The molecule has 2 fully saturated rings. The lowest BCUT2D eigenvalue weighted by molar-refractivity contribution is 0.212. The Labute approximate surface area is 112 Å². The maximum Gasteiger partial charge on any atom is 0.0892 e. The SMILES string of the molecule is CN=C=NC1CCC(CC2CCC(C)CC2)CC1. The summed E-state index contributed by atoms with van der Waals surface area (Å²) in [4.78, 5) is 8.21. The van der Waals surface area contributed by atoms with Gasteiger partial charge in [-0.25, -0.2) is 9.98 Å². The average Bonchev–Trinajstić information content (AvgIpc) is 2.41. The molecule has 0 atom stereocenters. The molecule has 102 valence electrons. The van der Waals surface area contributed by atoms with E-state index in [-0.39, 0.29) is 0 Å². The molecule has 0 N–H and O–H groups in total. The Balaban J connectivity index is 1.69. The summed E-state index contributed by atoms with van der Waals surface area (Å²) in [6, 6.07) is 3.28. The highest BCUT2D eigenvalue weighted by molar-refractivity contribution is 5.41. The molecule has 2 saturated carbocycles. The Hall–Kier alpha value is -0.620. The van der Waals surface area contributed by atoms with Gasteiger partial charge in [-0.2, -0.15) is 0 Å². The monoisotopic (exact) mass is 248 g/mol. The zero-order valence-corrected chi connectivity index (χ0v) is 12.1. The predicted octanol–water partition coefficient (Wildman–Crippen LogP) is 4.57. The lowest BCUT2D eigenvalue weighted by Gasteiger charge is -2.32. The van der Waals surface area contributed by atoms with Gasteiger partial charge in [-0.1, -0.05) is 32.6 Å². The highest BCUT2D eigenvalue weighted by Crippen LogP contribution is 2.37. The molecule has 0 aromatic heterocycles. The minimum absolute atomic E-state index is 0.510. The third-order valence-electron chi connectivity index (χ3n) is 4.96. The molecule has 2 aliphatic carbocycles. The highest BCUT2D eigenvalue weighted by Gasteiger charge is 2.25. The molecule has 2 aliphatic rings. The van der Waals surface area contributed by atoms with Crippen molar-refractivity contribution in [3.8, 4) is 0 Å². The van der Waals surface area contributed by atoms with Crippen LogP contribution in [0.2, 0.25) is 0 Å². The van der Waals surface area contributed by atoms with Crippen LogP contribution >= 0.6 is 0 Å². The molecule has 0 aromatic rings. The fourth-order valence-corrected chi connectivity index (χ4v) is 3.69. The first kappa shape index (κ1) is 13.8. The number of hydrogen-bond acceptors (Lipinski definition) is 2. The number of aliphatic imine (C=N–C) groups is 2. The summed E-state index contributed by atoms with van der Waals surface area (Å²) in [7, 11) is 1.75. The van der Waals surface area contributed by atoms with Crippen LogP contribution in [0.25, 0.3) is 0 Å². The molecular formula is C16H28N2. The van der Waals surface area contributed by atoms with Crippen LogP contribution in [-0.4, -0.2) is 19.1 Å². The van der Waals surface area contributed by atoms with Gasteiger partial charge in [0.2, 0.25) is 0 Å². The third-order valence-corrected chi connectivity index (χ3v) is 4.96. The van der Waals surface area contributed by atoms with Crippen molar-refractivity contribution < 1.29 is 0 Å². The maximum atomic E-state index is 4.38. The van der Waals surface area contributed by atoms with E-state index < -0.39 is 0 Å². The van der Waals surface area contributed by atoms with Crippen LogP contribution in [0.1, 0.15) is 64.7 Å². The van der Waals surface area contributed by atoms with E-state index >= 15 is 0 Å². The van der Waals surface area contributed by atoms with Crippen molar-refractivity contribution >= 4 is 6.01 Å². The van der Waals surface area contributed by atoms with Crippen molar-refractivity contribution in [1.82, 2.24) is 0 Å². The average molecular weight is 248 g/mol. The van der Waals surface area contributed by atoms with Crippen LogP contribution in [0.5, 0.6) is 0 Å². The molecule has 2 heteroatoms. The number of hydrogen-bond donors (Lipinski definition) is 0. The van der Waals surface area contributed by atoms with E-state index in [1.165, 1.54) is 57.8 Å². The summed E-state index contributed by atoms with van der Waals surface area (Å²) in [5.74, 6) is 3.00. The Bertz CT molecular complexity index is 288. The first-order chi connectivity index (χ1) is 8.78. The van der Waals surface area contributed by atoms with Crippen LogP contribution in [-0.2, 0) is 0 Å². The largest absolute Gasteiger partial charge is 0.229 e. The van der Waals surface area contributed by atoms with Gasteiger partial charge in [0.15, 0.2) is 0 Å². The molecule has 0 heterocycles. The summed E-state index contributed by atoms with van der Waals surface area (Å²) in [5, 5.41) is 0. The topological polar surface area (TPSA) is 24.7 Å². The van der Waals surface area contributed by atoms with E-state index in [0.717, 1.165) is 17.8 Å². The Morgan fingerprint density at radius 2 is 1.44 bits per heavy atom. The van der Waals surface area contributed by atoms with E-state index in [1.54, 1.807) is 7.05 Å². The molecule has 0 amide bonds. The van der Waals surface area contributed by atoms with Gasteiger partial charge in [0.05, 0.1) is 12.1 Å². The molecule has 18 heavy (non-hydrogen) atoms.